The molecule has 1 saturated heterocycles. The van der Waals surface area contributed by atoms with E-state index < -0.39 is 0 Å². The van der Waals surface area contributed by atoms with Crippen LogP contribution in [0.3, 0.4) is 0 Å². The Morgan fingerprint density at radius 2 is 1.55 bits per heavy atom. The lowest BCUT2D eigenvalue weighted by molar-refractivity contribution is 0.238. The van der Waals surface area contributed by atoms with Gasteiger partial charge in [-0.05, 0) is 74.5 Å². The van der Waals surface area contributed by atoms with Gasteiger partial charge in [-0.1, -0.05) is 0 Å². The van der Waals surface area contributed by atoms with Crippen molar-refractivity contribution in [3.8, 4) is 17.1 Å². The molecule has 31 heavy (non-hydrogen) atoms. The molecule has 0 radical (unpaired) electrons. The number of benzene rings is 2. The molecule has 0 spiro atoms. The maximum absolute atomic E-state index is 5.94. The lowest BCUT2D eigenvalue weighted by Crippen LogP contribution is -2.25. The van der Waals surface area contributed by atoms with Gasteiger partial charge in [0, 0.05) is 35.3 Å². The second-order valence-corrected chi connectivity index (χ2v) is 8.03. The minimum Gasteiger partial charge on any atom is -0.492 e. The molecule has 0 saturated carbocycles. The second-order valence-electron chi connectivity index (χ2n) is 8.03. The van der Waals surface area contributed by atoms with E-state index in [4.69, 9.17) is 9.72 Å². The van der Waals surface area contributed by atoms with E-state index in [-0.39, 0.29) is 0 Å². The van der Waals surface area contributed by atoms with Crippen LogP contribution in [0.1, 0.15) is 12.8 Å². The van der Waals surface area contributed by atoms with E-state index >= 15 is 0 Å². The number of aromatic nitrogens is 4. The van der Waals surface area contributed by atoms with Gasteiger partial charge < -0.3 is 9.72 Å². The molecule has 0 bridgehead atoms. The highest BCUT2D eigenvalue weighted by Crippen LogP contribution is 2.33. The Bertz CT molecular complexity index is 1300. The zero-order chi connectivity index (χ0) is 20.6. The quantitative estimate of drug-likeness (QED) is 0.422. The lowest BCUT2D eigenvalue weighted by atomic mass is 10.1. The fourth-order valence-corrected chi connectivity index (χ4v) is 4.49. The van der Waals surface area contributed by atoms with Gasteiger partial charge in [-0.25, -0.2) is 4.98 Å². The van der Waals surface area contributed by atoms with E-state index in [9.17, 15) is 0 Å². The molecular formula is C25H23N5O. The first kappa shape index (κ1) is 18.3. The first-order valence-electron chi connectivity index (χ1n) is 10.8. The molecule has 5 aromatic rings. The number of imidazole rings is 1. The largest absolute Gasteiger partial charge is 0.492 e. The van der Waals surface area contributed by atoms with Gasteiger partial charge in [0.1, 0.15) is 18.2 Å². The summed E-state index contributed by atoms with van der Waals surface area (Å²) in [7, 11) is 0. The standard InChI is InChI=1S/C25H23N5O/c1-2-14-30(13-1)15-16-31-18-9-7-17(8-10-18)25-28-23-19-5-3-11-26-21(19)22-20(24(23)29-25)6-4-12-27-22/h3-12H,1-2,13-16H2,(H,28,29). The van der Waals surface area contributed by atoms with Gasteiger partial charge >= 0.3 is 0 Å². The average Bonchev–Trinajstić information content (AvgIpc) is 3.50. The number of nitrogens with one attached hydrogen (secondary N) is 1. The zero-order valence-electron chi connectivity index (χ0n) is 17.2. The Balaban J connectivity index is 1.33. The van der Waals surface area contributed by atoms with Crippen LogP contribution in [0.2, 0.25) is 0 Å². The van der Waals surface area contributed by atoms with Crippen LogP contribution in [0.15, 0.2) is 60.9 Å². The van der Waals surface area contributed by atoms with Crippen molar-refractivity contribution in [2.24, 2.45) is 0 Å². The minimum absolute atomic E-state index is 0.724. The lowest BCUT2D eigenvalue weighted by Gasteiger charge is -2.14. The molecule has 0 atom stereocenters. The molecule has 6 rings (SSSR count). The Labute approximate surface area is 179 Å². The van der Waals surface area contributed by atoms with Crippen LogP contribution in [-0.2, 0) is 0 Å². The molecule has 1 aliphatic heterocycles. The predicted octanol–water partition coefficient (Wildman–Crippen LogP) is 4.80. The number of pyridine rings is 2. The van der Waals surface area contributed by atoms with Gasteiger partial charge in [0.25, 0.3) is 0 Å². The molecule has 3 aromatic heterocycles. The van der Waals surface area contributed by atoms with Crippen LogP contribution in [0.4, 0.5) is 0 Å². The number of nitrogens with zero attached hydrogens (tertiary/aromatic N) is 4. The fraction of sp³-hybridized carbons (Fsp3) is 0.240. The highest BCUT2D eigenvalue weighted by atomic mass is 16.5. The summed E-state index contributed by atoms with van der Waals surface area (Å²) in [5.41, 5.74) is 4.71. The Kier molecular flexibility index (Phi) is 4.50. The highest BCUT2D eigenvalue weighted by Gasteiger charge is 2.15. The number of likely N-dealkylation sites (tertiary alicyclic amines) is 1. The van der Waals surface area contributed by atoms with Crippen molar-refractivity contribution in [2.45, 2.75) is 12.8 Å². The predicted molar refractivity (Wildman–Crippen MR) is 123 cm³/mol. The van der Waals surface area contributed by atoms with Crippen molar-refractivity contribution in [2.75, 3.05) is 26.2 Å². The van der Waals surface area contributed by atoms with E-state index in [0.29, 0.717) is 0 Å². The van der Waals surface area contributed by atoms with Crippen LogP contribution < -0.4 is 4.74 Å². The normalized spacial score (nSPS) is 14.7. The number of fused-ring (bicyclic) bond motifs is 6. The van der Waals surface area contributed by atoms with Crippen molar-refractivity contribution >= 4 is 32.8 Å². The minimum atomic E-state index is 0.724. The number of H-pyrrole nitrogens is 1. The fourth-order valence-electron chi connectivity index (χ4n) is 4.49. The molecule has 6 nitrogen and oxygen atoms in total. The molecule has 1 fully saturated rings. The molecule has 6 heteroatoms. The first-order chi connectivity index (χ1) is 15.4. The van der Waals surface area contributed by atoms with E-state index in [1.165, 1.54) is 25.9 Å². The Morgan fingerprint density at radius 1 is 0.839 bits per heavy atom. The van der Waals surface area contributed by atoms with E-state index in [2.05, 4.69) is 44.1 Å². The van der Waals surface area contributed by atoms with Gasteiger partial charge in [-0.2, -0.15) is 0 Å². The summed E-state index contributed by atoms with van der Waals surface area (Å²) >= 11 is 0. The molecule has 1 aliphatic rings. The third kappa shape index (κ3) is 3.29. The second kappa shape index (κ2) is 7.63. The maximum Gasteiger partial charge on any atom is 0.138 e. The van der Waals surface area contributed by atoms with Crippen molar-refractivity contribution in [3.05, 3.63) is 60.9 Å². The van der Waals surface area contributed by atoms with E-state index in [1.807, 2.05) is 30.5 Å². The topological polar surface area (TPSA) is 66.9 Å². The van der Waals surface area contributed by atoms with Crippen molar-refractivity contribution in [1.29, 1.82) is 0 Å². The molecule has 2 aromatic carbocycles. The summed E-state index contributed by atoms with van der Waals surface area (Å²) in [6, 6.07) is 16.2. The van der Waals surface area contributed by atoms with Crippen LogP contribution in [0.5, 0.6) is 5.75 Å². The van der Waals surface area contributed by atoms with Gasteiger partial charge in [0.2, 0.25) is 0 Å². The zero-order valence-corrected chi connectivity index (χ0v) is 17.2. The molecule has 154 valence electrons. The molecule has 0 unspecified atom stereocenters. The molecule has 1 N–H and O–H groups in total. The summed E-state index contributed by atoms with van der Waals surface area (Å²) in [5.74, 6) is 1.73. The van der Waals surface area contributed by atoms with Gasteiger partial charge in [-0.15, -0.1) is 0 Å². The summed E-state index contributed by atoms with van der Waals surface area (Å²) in [4.78, 5) is 20.1. The number of hydrogen-bond donors (Lipinski definition) is 1. The number of rotatable bonds is 5. The molecule has 0 amide bonds. The molecule has 0 aliphatic carbocycles. The Morgan fingerprint density at radius 3 is 2.32 bits per heavy atom. The van der Waals surface area contributed by atoms with E-state index in [0.717, 1.165) is 63.1 Å². The summed E-state index contributed by atoms with van der Waals surface area (Å²) in [6.07, 6.45) is 6.23. The number of ether oxygens (including phenoxy) is 1. The summed E-state index contributed by atoms with van der Waals surface area (Å²) in [6.45, 7) is 4.11. The summed E-state index contributed by atoms with van der Waals surface area (Å²) in [5, 5.41) is 2.04. The summed E-state index contributed by atoms with van der Waals surface area (Å²) < 4.78 is 5.94. The van der Waals surface area contributed by atoms with Gasteiger partial charge in [0.15, 0.2) is 0 Å². The number of aromatic amines is 1. The molecule has 4 heterocycles. The van der Waals surface area contributed by atoms with Crippen molar-refractivity contribution < 1.29 is 4.74 Å². The van der Waals surface area contributed by atoms with Crippen LogP contribution in [0, 0.1) is 0 Å². The average molecular weight is 409 g/mol. The maximum atomic E-state index is 5.94. The third-order valence-corrected chi connectivity index (χ3v) is 6.07. The van der Waals surface area contributed by atoms with Crippen LogP contribution >= 0.6 is 0 Å². The van der Waals surface area contributed by atoms with Crippen LogP contribution in [-0.4, -0.2) is 51.1 Å². The van der Waals surface area contributed by atoms with Crippen molar-refractivity contribution in [3.63, 3.8) is 0 Å². The smallest absolute Gasteiger partial charge is 0.138 e. The van der Waals surface area contributed by atoms with Crippen molar-refractivity contribution in [1.82, 2.24) is 24.8 Å². The monoisotopic (exact) mass is 409 g/mol. The van der Waals surface area contributed by atoms with Crippen LogP contribution in [0.25, 0.3) is 44.2 Å². The SMILES string of the molecule is c1cnc2c(c1)c1nc(-c3ccc(OCCN4CCCC4)cc3)[nH]c1c1cccnc12. The number of hydrogen-bond acceptors (Lipinski definition) is 5. The van der Waals surface area contributed by atoms with Gasteiger partial charge in [-0.3, -0.25) is 14.9 Å². The van der Waals surface area contributed by atoms with Gasteiger partial charge in [0.05, 0.1) is 22.1 Å². The first-order valence-corrected chi connectivity index (χ1v) is 10.8. The molecular weight excluding hydrogens is 386 g/mol. The highest BCUT2D eigenvalue weighted by molar-refractivity contribution is 6.20. The van der Waals surface area contributed by atoms with E-state index in [1.54, 1.807) is 6.20 Å². The Hall–Kier alpha value is -3.51. The third-order valence-electron chi connectivity index (χ3n) is 6.07.